The van der Waals surface area contributed by atoms with Gasteiger partial charge in [0.1, 0.15) is 6.07 Å². The fourth-order valence-electron chi connectivity index (χ4n) is 2.23. The summed E-state index contributed by atoms with van der Waals surface area (Å²) in [6.45, 7) is 5.15. The van der Waals surface area contributed by atoms with Gasteiger partial charge in [-0.25, -0.2) is 0 Å². The molecular formula is C15H21N3. The average molecular weight is 243 g/mol. The average Bonchev–Trinajstić information content (AvgIpc) is 3.20. The van der Waals surface area contributed by atoms with Crippen molar-refractivity contribution in [3.8, 4) is 6.07 Å². The minimum absolute atomic E-state index is 0.489. The Kier molecular flexibility index (Phi) is 3.88. The zero-order valence-electron chi connectivity index (χ0n) is 11.4. The maximum Gasteiger partial charge on any atom is 0.101 e. The van der Waals surface area contributed by atoms with E-state index in [4.69, 9.17) is 5.26 Å². The molecule has 1 aliphatic carbocycles. The van der Waals surface area contributed by atoms with Crippen molar-refractivity contribution in [2.45, 2.75) is 38.8 Å². The van der Waals surface area contributed by atoms with Crippen LogP contribution in [0.4, 0.5) is 5.69 Å². The number of anilines is 1. The van der Waals surface area contributed by atoms with Crippen molar-refractivity contribution in [1.29, 1.82) is 5.26 Å². The molecule has 1 aromatic carbocycles. The van der Waals surface area contributed by atoms with Crippen LogP contribution in [0.3, 0.4) is 0 Å². The van der Waals surface area contributed by atoms with E-state index in [9.17, 15) is 0 Å². The molecule has 2 rings (SSSR count). The minimum atomic E-state index is 0.489. The lowest BCUT2D eigenvalue weighted by Gasteiger charge is -2.25. The Morgan fingerprint density at radius 2 is 2.22 bits per heavy atom. The number of benzene rings is 1. The maximum absolute atomic E-state index is 9.12. The lowest BCUT2D eigenvalue weighted by atomic mass is 10.1. The first kappa shape index (κ1) is 12.9. The zero-order chi connectivity index (χ0) is 13.1. The minimum Gasteiger partial charge on any atom is -0.382 e. The highest BCUT2D eigenvalue weighted by molar-refractivity contribution is 5.62. The quantitative estimate of drug-likeness (QED) is 0.864. The first-order valence-electron chi connectivity index (χ1n) is 6.59. The summed E-state index contributed by atoms with van der Waals surface area (Å²) in [5, 5.41) is 12.5. The highest BCUT2D eigenvalue weighted by Gasteiger charge is 2.28. The monoisotopic (exact) mass is 243 g/mol. The van der Waals surface area contributed by atoms with E-state index < -0.39 is 0 Å². The number of hydrogen-bond donors (Lipinski definition) is 1. The Morgan fingerprint density at radius 1 is 1.50 bits per heavy atom. The molecule has 1 aliphatic rings. The predicted molar refractivity (Wildman–Crippen MR) is 74.6 cm³/mol. The number of nitrogens with zero attached hydrogens (tertiary/aromatic N) is 2. The zero-order valence-corrected chi connectivity index (χ0v) is 11.4. The smallest absolute Gasteiger partial charge is 0.101 e. The van der Waals surface area contributed by atoms with Crippen LogP contribution in [-0.4, -0.2) is 30.6 Å². The molecule has 0 bridgehead atoms. The van der Waals surface area contributed by atoms with Crippen molar-refractivity contribution < 1.29 is 0 Å². The predicted octanol–water partition coefficient (Wildman–Crippen LogP) is 2.76. The van der Waals surface area contributed by atoms with Gasteiger partial charge < -0.3 is 5.32 Å². The van der Waals surface area contributed by atoms with Crippen LogP contribution < -0.4 is 5.32 Å². The van der Waals surface area contributed by atoms with E-state index in [1.165, 1.54) is 12.8 Å². The molecule has 3 nitrogen and oxygen atoms in total. The van der Waals surface area contributed by atoms with Gasteiger partial charge in [0.2, 0.25) is 0 Å². The van der Waals surface area contributed by atoms with Crippen molar-refractivity contribution in [1.82, 2.24) is 4.90 Å². The molecule has 1 saturated carbocycles. The number of rotatable bonds is 5. The van der Waals surface area contributed by atoms with Gasteiger partial charge in [-0.15, -0.1) is 0 Å². The summed E-state index contributed by atoms with van der Waals surface area (Å²) in [7, 11) is 2.19. The molecule has 18 heavy (non-hydrogen) atoms. The maximum atomic E-state index is 9.12. The summed E-state index contributed by atoms with van der Waals surface area (Å²) < 4.78 is 0. The van der Waals surface area contributed by atoms with Gasteiger partial charge >= 0.3 is 0 Å². The molecule has 96 valence electrons. The third-order valence-electron chi connectivity index (χ3n) is 3.79. The van der Waals surface area contributed by atoms with Crippen molar-refractivity contribution in [2.24, 2.45) is 0 Å². The van der Waals surface area contributed by atoms with Crippen LogP contribution in [0.1, 0.15) is 30.9 Å². The summed E-state index contributed by atoms with van der Waals surface area (Å²) in [6, 6.07) is 9.35. The summed E-state index contributed by atoms with van der Waals surface area (Å²) in [6.07, 6.45) is 2.66. The largest absolute Gasteiger partial charge is 0.382 e. The Labute approximate surface area is 109 Å². The Balaban J connectivity index is 1.99. The third-order valence-corrected chi connectivity index (χ3v) is 3.79. The topological polar surface area (TPSA) is 39.1 Å². The molecular weight excluding hydrogens is 222 g/mol. The summed E-state index contributed by atoms with van der Waals surface area (Å²) >= 11 is 0. The molecule has 1 unspecified atom stereocenters. The second-order valence-corrected chi connectivity index (χ2v) is 5.24. The van der Waals surface area contributed by atoms with Gasteiger partial charge in [-0.3, -0.25) is 4.90 Å². The van der Waals surface area contributed by atoms with Crippen molar-refractivity contribution in [3.05, 3.63) is 29.3 Å². The third kappa shape index (κ3) is 2.83. The summed E-state index contributed by atoms with van der Waals surface area (Å²) in [5.74, 6) is 0. The molecule has 0 aliphatic heterocycles. The standard InChI is InChI=1S/C15H21N3/c1-11-5-4-6-13(9-16)15(11)17-10-12(2)18(3)14-7-8-14/h4-6,12,14,17H,7-8,10H2,1-3H3. The fraction of sp³-hybridized carbons (Fsp3) is 0.533. The van der Waals surface area contributed by atoms with E-state index in [0.717, 1.165) is 29.4 Å². The number of nitriles is 1. The number of para-hydroxylation sites is 1. The van der Waals surface area contributed by atoms with E-state index in [1.54, 1.807) is 0 Å². The van der Waals surface area contributed by atoms with E-state index in [2.05, 4.69) is 30.3 Å². The Morgan fingerprint density at radius 3 is 2.83 bits per heavy atom. The SMILES string of the molecule is Cc1cccc(C#N)c1NCC(C)N(C)C1CC1. The molecule has 1 N–H and O–H groups in total. The lowest BCUT2D eigenvalue weighted by Crippen LogP contribution is -2.36. The second kappa shape index (κ2) is 5.41. The molecule has 0 saturated heterocycles. The van der Waals surface area contributed by atoms with Gasteiger partial charge in [0.05, 0.1) is 11.3 Å². The van der Waals surface area contributed by atoms with Gasteiger partial charge in [-0.05, 0) is 45.4 Å². The molecule has 0 amide bonds. The highest BCUT2D eigenvalue weighted by atomic mass is 15.2. The normalized spacial score (nSPS) is 16.4. The van der Waals surface area contributed by atoms with Gasteiger partial charge in [0.15, 0.2) is 0 Å². The van der Waals surface area contributed by atoms with Gasteiger partial charge in [0, 0.05) is 18.6 Å². The van der Waals surface area contributed by atoms with Crippen LogP contribution >= 0.6 is 0 Å². The highest BCUT2D eigenvalue weighted by Crippen LogP contribution is 2.27. The van der Waals surface area contributed by atoms with Crippen molar-refractivity contribution in [3.63, 3.8) is 0 Å². The van der Waals surface area contributed by atoms with Crippen LogP contribution in [0, 0.1) is 18.3 Å². The molecule has 1 atom stereocenters. The van der Waals surface area contributed by atoms with Crippen LogP contribution in [0.5, 0.6) is 0 Å². The summed E-state index contributed by atoms with van der Waals surface area (Å²) in [5.41, 5.74) is 2.85. The van der Waals surface area contributed by atoms with Gasteiger partial charge in [-0.2, -0.15) is 5.26 Å². The fourth-order valence-corrected chi connectivity index (χ4v) is 2.23. The first-order chi connectivity index (χ1) is 8.63. The van der Waals surface area contributed by atoms with Crippen LogP contribution in [0.15, 0.2) is 18.2 Å². The molecule has 3 heteroatoms. The van der Waals surface area contributed by atoms with E-state index in [0.29, 0.717) is 6.04 Å². The van der Waals surface area contributed by atoms with Gasteiger partial charge in [0.25, 0.3) is 0 Å². The number of aryl methyl sites for hydroxylation is 1. The number of hydrogen-bond acceptors (Lipinski definition) is 3. The molecule has 1 aromatic rings. The first-order valence-corrected chi connectivity index (χ1v) is 6.59. The van der Waals surface area contributed by atoms with E-state index >= 15 is 0 Å². The molecule has 0 aromatic heterocycles. The van der Waals surface area contributed by atoms with E-state index in [1.807, 2.05) is 25.1 Å². The summed E-state index contributed by atoms with van der Waals surface area (Å²) in [4.78, 5) is 2.43. The Bertz CT molecular complexity index is 457. The second-order valence-electron chi connectivity index (χ2n) is 5.24. The number of nitrogens with one attached hydrogen (secondary N) is 1. The van der Waals surface area contributed by atoms with Crippen LogP contribution in [-0.2, 0) is 0 Å². The van der Waals surface area contributed by atoms with Gasteiger partial charge in [-0.1, -0.05) is 12.1 Å². The molecule has 1 fully saturated rings. The van der Waals surface area contributed by atoms with Crippen molar-refractivity contribution >= 4 is 5.69 Å². The molecule has 0 radical (unpaired) electrons. The Hall–Kier alpha value is -1.53. The van der Waals surface area contributed by atoms with Crippen LogP contribution in [0.25, 0.3) is 0 Å². The molecule has 0 spiro atoms. The molecule has 0 heterocycles. The van der Waals surface area contributed by atoms with Crippen LogP contribution in [0.2, 0.25) is 0 Å². The number of likely N-dealkylation sites (N-methyl/N-ethyl adjacent to an activating group) is 1. The lowest BCUT2D eigenvalue weighted by molar-refractivity contribution is 0.257. The van der Waals surface area contributed by atoms with Crippen molar-refractivity contribution in [2.75, 3.05) is 18.9 Å². The van der Waals surface area contributed by atoms with E-state index in [-0.39, 0.29) is 0 Å².